The molecule has 2 N–H and O–H groups in total. The second-order valence-corrected chi connectivity index (χ2v) is 7.23. The molecule has 0 aliphatic heterocycles. The van der Waals surface area contributed by atoms with Gasteiger partial charge in [0.2, 0.25) is 10.0 Å². The number of carboxylic acid groups (broad SMARTS) is 1. The van der Waals surface area contributed by atoms with Crippen LogP contribution in [0.25, 0.3) is 0 Å². The standard InChI is InChI=1S/C11H21NO4S/c1-9(2)17(15,16)12-11(10(13)14)7-5-3-4-6-8-11/h9,12H,3-8H2,1-2H3,(H,13,14). The minimum atomic E-state index is -3.55. The van der Waals surface area contributed by atoms with E-state index in [9.17, 15) is 18.3 Å². The van der Waals surface area contributed by atoms with Gasteiger partial charge in [-0.25, -0.2) is 8.42 Å². The molecule has 1 aliphatic rings. The molecule has 1 saturated carbocycles. The molecule has 0 aromatic carbocycles. The van der Waals surface area contributed by atoms with Crippen LogP contribution in [0.3, 0.4) is 0 Å². The van der Waals surface area contributed by atoms with Gasteiger partial charge in [0.05, 0.1) is 5.25 Å². The van der Waals surface area contributed by atoms with E-state index in [-0.39, 0.29) is 0 Å². The summed E-state index contributed by atoms with van der Waals surface area (Å²) in [6.07, 6.45) is 4.22. The van der Waals surface area contributed by atoms with Crippen molar-refractivity contribution < 1.29 is 18.3 Å². The monoisotopic (exact) mass is 263 g/mol. The highest BCUT2D eigenvalue weighted by Gasteiger charge is 2.42. The molecule has 1 rings (SSSR count). The summed E-state index contributed by atoms with van der Waals surface area (Å²) in [5, 5.41) is 8.72. The molecule has 0 aromatic rings. The molecular weight excluding hydrogens is 242 g/mol. The predicted octanol–water partition coefficient (Wildman–Crippen LogP) is 1.49. The quantitative estimate of drug-likeness (QED) is 0.753. The Bertz CT molecular complexity index is 367. The Hall–Kier alpha value is -0.620. The number of carbonyl (C=O) groups is 1. The lowest BCUT2D eigenvalue weighted by Crippen LogP contribution is -2.55. The molecular formula is C11H21NO4S. The van der Waals surface area contributed by atoms with Crippen LogP contribution in [0.1, 0.15) is 52.4 Å². The van der Waals surface area contributed by atoms with Crippen molar-refractivity contribution in [3.8, 4) is 0 Å². The molecule has 6 heteroatoms. The molecule has 0 atom stereocenters. The average molecular weight is 263 g/mol. The lowest BCUT2D eigenvalue weighted by atomic mass is 9.92. The van der Waals surface area contributed by atoms with E-state index in [1.54, 1.807) is 13.8 Å². The Morgan fingerprint density at radius 3 is 2.00 bits per heavy atom. The van der Waals surface area contributed by atoms with Crippen molar-refractivity contribution in [3.63, 3.8) is 0 Å². The van der Waals surface area contributed by atoms with Gasteiger partial charge in [0.15, 0.2) is 0 Å². The molecule has 0 unspecified atom stereocenters. The number of sulfonamides is 1. The molecule has 0 saturated heterocycles. The van der Waals surface area contributed by atoms with Crippen LogP contribution >= 0.6 is 0 Å². The number of carboxylic acids is 1. The normalized spacial score (nSPS) is 21.1. The van der Waals surface area contributed by atoms with Crippen molar-refractivity contribution in [1.82, 2.24) is 4.72 Å². The minimum absolute atomic E-state index is 0.383. The fraction of sp³-hybridized carbons (Fsp3) is 0.909. The highest BCUT2D eigenvalue weighted by Crippen LogP contribution is 2.28. The molecule has 0 spiro atoms. The van der Waals surface area contributed by atoms with Crippen LogP contribution in [0, 0.1) is 0 Å². The molecule has 0 amide bonds. The number of hydrogen-bond acceptors (Lipinski definition) is 3. The van der Waals surface area contributed by atoms with Crippen molar-refractivity contribution in [2.45, 2.75) is 63.2 Å². The Labute approximate surface area is 103 Å². The maximum atomic E-state index is 11.8. The van der Waals surface area contributed by atoms with Crippen LogP contribution < -0.4 is 4.72 Å². The molecule has 100 valence electrons. The molecule has 5 nitrogen and oxygen atoms in total. The van der Waals surface area contributed by atoms with Crippen LogP contribution in [0.2, 0.25) is 0 Å². The highest BCUT2D eigenvalue weighted by molar-refractivity contribution is 7.90. The van der Waals surface area contributed by atoms with Gasteiger partial charge in [0, 0.05) is 0 Å². The van der Waals surface area contributed by atoms with E-state index in [2.05, 4.69) is 4.72 Å². The molecule has 17 heavy (non-hydrogen) atoms. The Balaban J connectivity index is 2.96. The van der Waals surface area contributed by atoms with E-state index in [0.29, 0.717) is 12.8 Å². The Kier molecular flexibility index (Phi) is 4.55. The van der Waals surface area contributed by atoms with E-state index >= 15 is 0 Å². The second-order valence-electron chi connectivity index (χ2n) is 5.00. The zero-order chi connectivity index (χ0) is 13.1. The molecule has 0 radical (unpaired) electrons. The maximum Gasteiger partial charge on any atom is 0.324 e. The third-order valence-electron chi connectivity index (χ3n) is 3.32. The molecule has 0 aromatic heterocycles. The summed E-state index contributed by atoms with van der Waals surface area (Å²) < 4.78 is 26.1. The topological polar surface area (TPSA) is 83.5 Å². The third-order valence-corrected chi connectivity index (χ3v) is 5.24. The first-order valence-corrected chi connectivity index (χ1v) is 7.61. The fourth-order valence-electron chi connectivity index (χ4n) is 2.08. The van der Waals surface area contributed by atoms with Gasteiger partial charge in [-0.1, -0.05) is 25.7 Å². The van der Waals surface area contributed by atoms with Gasteiger partial charge in [-0.2, -0.15) is 4.72 Å². The van der Waals surface area contributed by atoms with E-state index in [0.717, 1.165) is 25.7 Å². The third kappa shape index (κ3) is 3.42. The van der Waals surface area contributed by atoms with Gasteiger partial charge in [0.1, 0.15) is 5.54 Å². The van der Waals surface area contributed by atoms with Gasteiger partial charge < -0.3 is 5.11 Å². The largest absolute Gasteiger partial charge is 0.480 e. The average Bonchev–Trinajstić information content (AvgIpc) is 2.43. The van der Waals surface area contributed by atoms with Crippen LogP contribution in [0.4, 0.5) is 0 Å². The van der Waals surface area contributed by atoms with Gasteiger partial charge in [-0.15, -0.1) is 0 Å². The molecule has 1 fully saturated rings. The summed E-state index contributed by atoms with van der Waals surface area (Å²) in [5.41, 5.74) is -1.29. The predicted molar refractivity (Wildman–Crippen MR) is 65.3 cm³/mol. The number of rotatable bonds is 4. The highest BCUT2D eigenvalue weighted by atomic mass is 32.2. The van der Waals surface area contributed by atoms with Gasteiger partial charge >= 0.3 is 5.97 Å². The first-order valence-electron chi connectivity index (χ1n) is 6.06. The Morgan fingerprint density at radius 1 is 1.18 bits per heavy atom. The van der Waals surface area contributed by atoms with Crippen LogP contribution in [-0.2, 0) is 14.8 Å². The first kappa shape index (κ1) is 14.4. The van der Waals surface area contributed by atoms with E-state index in [1.807, 2.05) is 0 Å². The van der Waals surface area contributed by atoms with Crippen molar-refractivity contribution >= 4 is 16.0 Å². The summed E-state index contributed by atoms with van der Waals surface area (Å²) >= 11 is 0. The van der Waals surface area contributed by atoms with Gasteiger partial charge in [-0.3, -0.25) is 4.79 Å². The van der Waals surface area contributed by atoms with Gasteiger partial charge in [0.25, 0.3) is 0 Å². The van der Waals surface area contributed by atoms with E-state index in [1.165, 1.54) is 0 Å². The number of aliphatic carboxylic acids is 1. The van der Waals surface area contributed by atoms with Gasteiger partial charge in [-0.05, 0) is 26.7 Å². The van der Waals surface area contributed by atoms with E-state index < -0.39 is 26.8 Å². The summed E-state index contributed by atoms with van der Waals surface area (Å²) in [6.45, 7) is 3.10. The zero-order valence-electron chi connectivity index (χ0n) is 10.4. The summed E-state index contributed by atoms with van der Waals surface area (Å²) in [6, 6.07) is 0. The number of nitrogens with one attached hydrogen (secondary N) is 1. The smallest absolute Gasteiger partial charge is 0.324 e. The maximum absolute atomic E-state index is 11.8. The molecule has 1 aliphatic carbocycles. The van der Waals surface area contributed by atoms with Crippen molar-refractivity contribution in [2.24, 2.45) is 0 Å². The summed E-state index contributed by atoms with van der Waals surface area (Å²) in [5.74, 6) is -1.05. The first-order chi connectivity index (χ1) is 7.80. The van der Waals surface area contributed by atoms with Crippen molar-refractivity contribution in [3.05, 3.63) is 0 Å². The van der Waals surface area contributed by atoms with Crippen LogP contribution in [-0.4, -0.2) is 30.3 Å². The lowest BCUT2D eigenvalue weighted by Gasteiger charge is -2.29. The minimum Gasteiger partial charge on any atom is -0.480 e. The van der Waals surface area contributed by atoms with E-state index in [4.69, 9.17) is 0 Å². The Morgan fingerprint density at radius 2 is 1.65 bits per heavy atom. The second kappa shape index (κ2) is 5.35. The van der Waals surface area contributed by atoms with Crippen molar-refractivity contribution in [2.75, 3.05) is 0 Å². The summed E-state index contributed by atoms with van der Waals surface area (Å²) in [7, 11) is -3.55. The van der Waals surface area contributed by atoms with Crippen molar-refractivity contribution in [1.29, 1.82) is 0 Å². The summed E-state index contributed by atoms with van der Waals surface area (Å²) in [4.78, 5) is 11.4. The van der Waals surface area contributed by atoms with Crippen LogP contribution in [0.15, 0.2) is 0 Å². The van der Waals surface area contributed by atoms with Crippen LogP contribution in [0.5, 0.6) is 0 Å². The number of hydrogen-bond donors (Lipinski definition) is 2. The fourth-order valence-corrected chi connectivity index (χ4v) is 3.15. The SMILES string of the molecule is CC(C)S(=O)(=O)NC1(C(=O)O)CCCCCC1. The molecule has 0 bridgehead atoms. The zero-order valence-corrected chi connectivity index (χ0v) is 11.2. The lowest BCUT2D eigenvalue weighted by molar-refractivity contribution is -0.144. The molecule has 0 heterocycles.